The fraction of sp³-hybridized carbons (Fsp3) is 0.286. The lowest BCUT2D eigenvalue weighted by atomic mass is 9.97. The summed E-state index contributed by atoms with van der Waals surface area (Å²) in [6.45, 7) is 4.08. The molecular weight excluding hydrogens is 244 g/mol. The summed E-state index contributed by atoms with van der Waals surface area (Å²) in [5.41, 5.74) is 9.79. The predicted molar refractivity (Wildman–Crippen MR) is 74.9 cm³/mol. The maximum atomic E-state index is 12.0. The third-order valence-electron chi connectivity index (χ3n) is 2.97. The summed E-state index contributed by atoms with van der Waals surface area (Å²) in [6, 6.07) is 6.09. The Bertz CT molecular complexity index is 555. The molecule has 0 saturated carbocycles. The van der Waals surface area contributed by atoms with E-state index in [1.807, 2.05) is 37.4 Å². The zero-order valence-electron chi connectivity index (χ0n) is 10.6. The van der Waals surface area contributed by atoms with Gasteiger partial charge in [0.1, 0.15) is 5.78 Å². The topological polar surface area (TPSA) is 56.0 Å². The minimum absolute atomic E-state index is 0.178. The van der Waals surface area contributed by atoms with Crippen LogP contribution in [0, 0.1) is 13.8 Å². The van der Waals surface area contributed by atoms with Crippen molar-refractivity contribution >= 4 is 22.3 Å². The van der Waals surface area contributed by atoms with Gasteiger partial charge in [0.05, 0.1) is 5.69 Å². The second-order valence-corrected chi connectivity index (χ2v) is 5.33. The van der Waals surface area contributed by atoms with Crippen molar-refractivity contribution in [3.05, 3.63) is 46.0 Å². The second kappa shape index (κ2) is 5.31. The van der Waals surface area contributed by atoms with Gasteiger partial charge in [0, 0.05) is 18.2 Å². The van der Waals surface area contributed by atoms with Gasteiger partial charge < -0.3 is 5.73 Å². The summed E-state index contributed by atoms with van der Waals surface area (Å²) in [4.78, 5) is 16.1. The van der Waals surface area contributed by atoms with Gasteiger partial charge in [-0.25, -0.2) is 4.98 Å². The molecule has 0 fully saturated rings. The summed E-state index contributed by atoms with van der Waals surface area (Å²) < 4.78 is 0. The maximum absolute atomic E-state index is 12.0. The molecule has 0 aliphatic carbocycles. The zero-order chi connectivity index (χ0) is 13.1. The van der Waals surface area contributed by atoms with E-state index in [0.29, 0.717) is 18.0 Å². The van der Waals surface area contributed by atoms with E-state index in [9.17, 15) is 4.79 Å². The lowest BCUT2D eigenvalue weighted by Crippen LogP contribution is -2.09. The smallest absolute Gasteiger partial charge is 0.180 e. The highest BCUT2D eigenvalue weighted by molar-refractivity contribution is 7.13. The minimum atomic E-state index is 0.178. The van der Waals surface area contributed by atoms with E-state index in [-0.39, 0.29) is 5.78 Å². The highest BCUT2D eigenvalue weighted by Gasteiger charge is 2.11. The molecule has 0 radical (unpaired) electrons. The standard InChI is InChI=1S/C14H16N2OS/c1-9-4-3-5-10(2)13(9)7-12(17)6-11-8-18-14(15)16-11/h3-5,8H,6-7H2,1-2H3,(H2,15,16). The molecule has 2 N–H and O–H groups in total. The number of aryl methyl sites for hydroxylation is 2. The number of aromatic nitrogens is 1. The Hall–Kier alpha value is -1.68. The predicted octanol–water partition coefficient (Wildman–Crippen LogP) is 2.70. The molecule has 0 amide bonds. The third-order valence-corrected chi connectivity index (χ3v) is 3.69. The van der Waals surface area contributed by atoms with Gasteiger partial charge in [-0.05, 0) is 30.5 Å². The fourth-order valence-electron chi connectivity index (χ4n) is 1.99. The van der Waals surface area contributed by atoms with Crippen LogP contribution in [-0.2, 0) is 17.6 Å². The minimum Gasteiger partial charge on any atom is -0.375 e. The van der Waals surface area contributed by atoms with Crippen molar-refractivity contribution in [2.24, 2.45) is 0 Å². The summed E-state index contributed by atoms with van der Waals surface area (Å²) in [5, 5.41) is 2.36. The van der Waals surface area contributed by atoms with Gasteiger partial charge >= 0.3 is 0 Å². The van der Waals surface area contributed by atoms with Crippen LogP contribution in [0.25, 0.3) is 0 Å². The van der Waals surface area contributed by atoms with Crippen LogP contribution in [0.15, 0.2) is 23.6 Å². The van der Waals surface area contributed by atoms with Crippen molar-refractivity contribution in [3.63, 3.8) is 0 Å². The Kier molecular flexibility index (Phi) is 3.77. The molecule has 2 rings (SSSR count). The number of carbonyl (C=O) groups excluding carboxylic acids is 1. The molecule has 94 valence electrons. The fourth-order valence-corrected chi connectivity index (χ4v) is 2.56. The third kappa shape index (κ3) is 2.96. The number of rotatable bonds is 4. The Morgan fingerprint density at radius 2 is 1.94 bits per heavy atom. The number of nitrogens with zero attached hydrogens (tertiary/aromatic N) is 1. The van der Waals surface area contributed by atoms with Crippen LogP contribution in [0.3, 0.4) is 0 Å². The Labute approximate surface area is 111 Å². The van der Waals surface area contributed by atoms with Gasteiger partial charge in [0.25, 0.3) is 0 Å². The number of nitrogens with two attached hydrogens (primary N) is 1. The first-order valence-corrected chi connectivity index (χ1v) is 6.71. The van der Waals surface area contributed by atoms with E-state index in [2.05, 4.69) is 4.98 Å². The van der Waals surface area contributed by atoms with Crippen LogP contribution in [0.5, 0.6) is 0 Å². The normalized spacial score (nSPS) is 10.6. The van der Waals surface area contributed by atoms with E-state index in [4.69, 9.17) is 5.73 Å². The van der Waals surface area contributed by atoms with E-state index in [0.717, 1.165) is 11.3 Å². The molecule has 3 nitrogen and oxygen atoms in total. The highest BCUT2D eigenvalue weighted by atomic mass is 32.1. The maximum Gasteiger partial charge on any atom is 0.180 e. The van der Waals surface area contributed by atoms with Gasteiger partial charge in [-0.15, -0.1) is 11.3 Å². The number of thiazole rings is 1. The monoisotopic (exact) mass is 260 g/mol. The molecule has 4 heteroatoms. The first-order chi connectivity index (χ1) is 8.56. The second-order valence-electron chi connectivity index (χ2n) is 4.44. The van der Waals surface area contributed by atoms with Crippen molar-refractivity contribution in [1.29, 1.82) is 0 Å². The molecule has 1 aromatic carbocycles. The first-order valence-electron chi connectivity index (χ1n) is 5.83. The Morgan fingerprint density at radius 1 is 1.28 bits per heavy atom. The van der Waals surface area contributed by atoms with Gasteiger partial charge in [-0.2, -0.15) is 0 Å². The number of hydrogen-bond donors (Lipinski definition) is 1. The van der Waals surface area contributed by atoms with Crippen LogP contribution < -0.4 is 5.73 Å². The van der Waals surface area contributed by atoms with Crippen LogP contribution >= 0.6 is 11.3 Å². The molecular formula is C14H16N2OS. The van der Waals surface area contributed by atoms with Crippen molar-refractivity contribution in [3.8, 4) is 0 Å². The summed E-state index contributed by atoms with van der Waals surface area (Å²) in [6.07, 6.45) is 0.831. The number of Topliss-reactive ketones (excluding diaryl/α,β-unsaturated/α-hetero) is 1. The molecule has 1 aromatic heterocycles. The van der Waals surface area contributed by atoms with Crippen LogP contribution in [0.4, 0.5) is 5.13 Å². The largest absolute Gasteiger partial charge is 0.375 e. The molecule has 0 saturated heterocycles. The van der Waals surface area contributed by atoms with E-state index < -0.39 is 0 Å². The number of nitrogen functional groups attached to an aromatic ring is 1. The van der Waals surface area contributed by atoms with Crippen molar-refractivity contribution in [2.75, 3.05) is 5.73 Å². The molecule has 0 spiro atoms. The van der Waals surface area contributed by atoms with Crippen molar-refractivity contribution in [2.45, 2.75) is 26.7 Å². The van der Waals surface area contributed by atoms with Crippen molar-refractivity contribution < 1.29 is 4.79 Å². The highest BCUT2D eigenvalue weighted by Crippen LogP contribution is 2.16. The van der Waals surface area contributed by atoms with Gasteiger partial charge in [0.2, 0.25) is 0 Å². The van der Waals surface area contributed by atoms with Crippen LogP contribution in [-0.4, -0.2) is 10.8 Å². The number of carbonyl (C=O) groups is 1. The van der Waals surface area contributed by atoms with Crippen molar-refractivity contribution in [1.82, 2.24) is 4.98 Å². The summed E-state index contributed by atoms with van der Waals surface area (Å²) in [5.74, 6) is 0.178. The molecule has 0 aliphatic rings. The van der Waals surface area contributed by atoms with Gasteiger partial charge in [-0.3, -0.25) is 4.79 Å². The summed E-state index contributed by atoms with van der Waals surface area (Å²) >= 11 is 1.37. The number of anilines is 1. The first kappa shape index (κ1) is 12.8. The number of ketones is 1. The molecule has 0 unspecified atom stereocenters. The molecule has 1 heterocycles. The summed E-state index contributed by atoms with van der Waals surface area (Å²) in [7, 11) is 0. The van der Waals surface area contributed by atoms with Gasteiger partial charge in [-0.1, -0.05) is 18.2 Å². The van der Waals surface area contributed by atoms with E-state index in [1.54, 1.807) is 0 Å². The SMILES string of the molecule is Cc1cccc(C)c1CC(=O)Cc1csc(N)n1. The molecule has 2 aromatic rings. The zero-order valence-corrected chi connectivity index (χ0v) is 11.4. The average molecular weight is 260 g/mol. The van der Waals surface area contributed by atoms with E-state index >= 15 is 0 Å². The van der Waals surface area contributed by atoms with Crippen LogP contribution in [0.2, 0.25) is 0 Å². The van der Waals surface area contributed by atoms with E-state index in [1.165, 1.54) is 22.5 Å². The Morgan fingerprint density at radius 3 is 2.50 bits per heavy atom. The molecule has 0 atom stereocenters. The lowest BCUT2D eigenvalue weighted by molar-refractivity contribution is -0.117. The molecule has 0 bridgehead atoms. The van der Waals surface area contributed by atoms with Crippen LogP contribution in [0.1, 0.15) is 22.4 Å². The number of benzene rings is 1. The number of hydrogen-bond acceptors (Lipinski definition) is 4. The molecule has 18 heavy (non-hydrogen) atoms. The molecule has 0 aliphatic heterocycles. The Balaban J connectivity index is 2.08. The van der Waals surface area contributed by atoms with Gasteiger partial charge in [0.15, 0.2) is 5.13 Å². The quantitative estimate of drug-likeness (QED) is 0.919. The average Bonchev–Trinajstić information content (AvgIpc) is 2.69. The lowest BCUT2D eigenvalue weighted by Gasteiger charge is -2.08.